The predicted octanol–water partition coefficient (Wildman–Crippen LogP) is 1.71. The van der Waals surface area contributed by atoms with Crippen LogP contribution in [0.5, 0.6) is 0 Å². The molecule has 2 fully saturated rings. The first kappa shape index (κ1) is 15.2. The van der Waals surface area contributed by atoms with Gasteiger partial charge in [0, 0.05) is 25.7 Å². The molecule has 2 N–H and O–H groups in total. The Hall–Kier alpha value is -0.160. The van der Waals surface area contributed by atoms with Gasteiger partial charge in [0.2, 0.25) is 0 Å². The first-order valence-electron chi connectivity index (χ1n) is 7.61. The second-order valence-corrected chi connectivity index (χ2v) is 6.74. The van der Waals surface area contributed by atoms with Gasteiger partial charge in [-0.1, -0.05) is 13.8 Å². The maximum absolute atomic E-state index is 10.8. The summed E-state index contributed by atoms with van der Waals surface area (Å²) < 4.78 is 11.4. The smallest absolute Gasteiger partial charge is 0.0940 e. The summed E-state index contributed by atoms with van der Waals surface area (Å²) >= 11 is 0. The summed E-state index contributed by atoms with van der Waals surface area (Å²) in [5.41, 5.74) is -0.723. The van der Waals surface area contributed by atoms with Crippen LogP contribution in [0.3, 0.4) is 0 Å². The molecule has 1 spiro atoms. The van der Waals surface area contributed by atoms with E-state index < -0.39 is 5.60 Å². The molecule has 0 aromatic carbocycles. The molecule has 2 rings (SSSR count). The quantitative estimate of drug-likeness (QED) is 0.799. The van der Waals surface area contributed by atoms with Gasteiger partial charge in [0.1, 0.15) is 0 Å². The predicted molar refractivity (Wildman–Crippen MR) is 75.2 cm³/mol. The summed E-state index contributed by atoms with van der Waals surface area (Å²) in [4.78, 5) is 0. The van der Waals surface area contributed by atoms with E-state index in [-0.39, 0.29) is 5.60 Å². The lowest BCUT2D eigenvalue weighted by atomic mass is 9.75. The first-order chi connectivity index (χ1) is 8.94. The Labute approximate surface area is 116 Å². The molecular weight excluding hydrogens is 242 g/mol. The molecule has 4 nitrogen and oxygen atoms in total. The van der Waals surface area contributed by atoms with E-state index in [1.54, 1.807) is 0 Å². The van der Waals surface area contributed by atoms with Gasteiger partial charge in [-0.15, -0.1) is 0 Å². The van der Waals surface area contributed by atoms with Gasteiger partial charge in [-0.3, -0.25) is 0 Å². The molecule has 0 aromatic rings. The lowest BCUT2D eigenvalue weighted by Crippen LogP contribution is -2.48. The molecule has 2 aliphatic heterocycles. The van der Waals surface area contributed by atoms with Crippen LogP contribution in [0.25, 0.3) is 0 Å². The normalized spacial score (nSPS) is 34.9. The Kier molecular flexibility index (Phi) is 4.88. The Morgan fingerprint density at radius 1 is 1.42 bits per heavy atom. The molecule has 0 amide bonds. The highest BCUT2D eigenvalue weighted by Gasteiger charge is 2.45. The fraction of sp³-hybridized carbons (Fsp3) is 1.00. The maximum Gasteiger partial charge on any atom is 0.0940 e. The molecule has 0 aliphatic carbocycles. The molecule has 0 aromatic heterocycles. The lowest BCUT2D eigenvalue weighted by molar-refractivity contribution is -0.139. The molecule has 0 saturated carbocycles. The topological polar surface area (TPSA) is 50.7 Å². The van der Waals surface area contributed by atoms with Crippen LogP contribution in [0.1, 0.15) is 46.5 Å². The summed E-state index contributed by atoms with van der Waals surface area (Å²) in [7, 11) is 0. The standard InChI is InChI=1S/C15H29NO3/c1-12(2)16-7-5-14(3,17)13-4-8-19-15(10-13)6-9-18-11-15/h12-13,16-17H,4-11H2,1-3H3. The summed E-state index contributed by atoms with van der Waals surface area (Å²) in [6, 6.07) is 0.472. The van der Waals surface area contributed by atoms with Crippen molar-refractivity contribution in [2.75, 3.05) is 26.4 Å². The van der Waals surface area contributed by atoms with Gasteiger partial charge in [0.05, 0.1) is 17.8 Å². The Morgan fingerprint density at radius 2 is 2.21 bits per heavy atom. The van der Waals surface area contributed by atoms with Crippen molar-refractivity contribution in [3.8, 4) is 0 Å². The van der Waals surface area contributed by atoms with Crippen molar-refractivity contribution < 1.29 is 14.6 Å². The summed E-state index contributed by atoms with van der Waals surface area (Å²) in [6.07, 6.45) is 3.66. The van der Waals surface area contributed by atoms with Crippen LogP contribution < -0.4 is 5.32 Å². The molecule has 3 unspecified atom stereocenters. The second-order valence-electron chi connectivity index (χ2n) is 6.74. The van der Waals surface area contributed by atoms with Crippen molar-refractivity contribution >= 4 is 0 Å². The van der Waals surface area contributed by atoms with E-state index in [0.717, 1.165) is 45.4 Å². The third-order valence-corrected chi connectivity index (χ3v) is 4.62. The van der Waals surface area contributed by atoms with E-state index in [1.165, 1.54) is 0 Å². The number of rotatable bonds is 5. The third-order valence-electron chi connectivity index (χ3n) is 4.62. The van der Waals surface area contributed by atoms with Crippen molar-refractivity contribution in [3.05, 3.63) is 0 Å². The van der Waals surface area contributed by atoms with Crippen molar-refractivity contribution in [1.29, 1.82) is 0 Å². The zero-order valence-corrected chi connectivity index (χ0v) is 12.6. The van der Waals surface area contributed by atoms with E-state index in [9.17, 15) is 5.11 Å². The Morgan fingerprint density at radius 3 is 2.84 bits per heavy atom. The van der Waals surface area contributed by atoms with Crippen LogP contribution in [0.15, 0.2) is 0 Å². The van der Waals surface area contributed by atoms with Crippen LogP contribution in [-0.4, -0.2) is 48.7 Å². The van der Waals surface area contributed by atoms with E-state index in [4.69, 9.17) is 9.47 Å². The second kappa shape index (κ2) is 6.08. The highest BCUT2D eigenvalue weighted by molar-refractivity contribution is 4.96. The van der Waals surface area contributed by atoms with Gasteiger partial charge in [-0.05, 0) is 38.6 Å². The molecule has 3 atom stereocenters. The molecule has 0 radical (unpaired) electrons. The van der Waals surface area contributed by atoms with Gasteiger partial charge in [-0.2, -0.15) is 0 Å². The van der Waals surface area contributed by atoms with Crippen LogP contribution in [0.2, 0.25) is 0 Å². The molecule has 112 valence electrons. The fourth-order valence-corrected chi connectivity index (χ4v) is 3.24. The number of hydrogen-bond donors (Lipinski definition) is 2. The van der Waals surface area contributed by atoms with Crippen molar-refractivity contribution in [1.82, 2.24) is 5.32 Å². The summed E-state index contributed by atoms with van der Waals surface area (Å²) in [6.45, 7) is 9.36. The zero-order chi connectivity index (χ0) is 13.9. The number of hydrogen-bond acceptors (Lipinski definition) is 4. The Bertz CT molecular complexity index is 285. The van der Waals surface area contributed by atoms with E-state index in [1.807, 2.05) is 6.92 Å². The van der Waals surface area contributed by atoms with Crippen LogP contribution in [0.4, 0.5) is 0 Å². The van der Waals surface area contributed by atoms with Crippen molar-refractivity contribution in [2.45, 2.75) is 63.7 Å². The summed E-state index contributed by atoms with van der Waals surface area (Å²) in [5, 5.41) is 14.1. The average Bonchev–Trinajstić information content (AvgIpc) is 2.76. The van der Waals surface area contributed by atoms with Crippen molar-refractivity contribution in [2.24, 2.45) is 5.92 Å². The average molecular weight is 271 g/mol. The highest BCUT2D eigenvalue weighted by Crippen LogP contribution is 2.40. The highest BCUT2D eigenvalue weighted by atomic mass is 16.6. The largest absolute Gasteiger partial charge is 0.390 e. The minimum Gasteiger partial charge on any atom is -0.390 e. The van der Waals surface area contributed by atoms with Crippen LogP contribution >= 0.6 is 0 Å². The fourth-order valence-electron chi connectivity index (χ4n) is 3.24. The van der Waals surface area contributed by atoms with Gasteiger partial charge in [0.25, 0.3) is 0 Å². The molecule has 2 heterocycles. The maximum atomic E-state index is 10.8. The monoisotopic (exact) mass is 271 g/mol. The van der Waals surface area contributed by atoms with E-state index in [2.05, 4.69) is 19.2 Å². The van der Waals surface area contributed by atoms with Crippen molar-refractivity contribution in [3.63, 3.8) is 0 Å². The zero-order valence-electron chi connectivity index (χ0n) is 12.6. The first-order valence-corrected chi connectivity index (χ1v) is 7.61. The van der Waals surface area contributed by atoms with E-state index >= 15 is 0 Å². The minimum atomic E-state index is -0.610. The summed E-state index contributed by atoms with van der Waals surface area (Å²) in [5.74, 6) is 0.317. The molecule has 0 bridgehead atoms. The van der Waals surface area contributed by atoms with Crippen LogP contribution in [-0.2, 0) is 9.47 Å². The number of nitrogens with one attached hydrogen (secondary N) is 1. The molecule has 2 saturated heterocycles. The molecular formula is C15H29NO3. The minimum absolute atomic E-state index is 0.113. The van der Waals surface area contributed by atoms with Gasteiger partial charge >= 0.3 is 0 Å². The molecule has 2 aliphatic rings. The molecule has 4 heteroatoms. The third kappa shape index (κ3) is 3.91. The number of ether oxygens (including phenoxy) is 2. The van der Waals surface area contributed by atoms with E-state index in [0.29, 0.717) is 18.6 Å². The van der Waals surface area contributed by atoms with Gasteiger partial charge in [-0.25, -0.2) is 0 Å². The SMILES string of the molecule is CC(C)NCCC(C)(O)C1CCOC2(CCOC2)C1. The molecule has 19 heavy (non-hydrogen) atoms. The van der Waals surface area contributed by atoms with Gasteiger partial charge < -0.3 is 19.9 Å². The van der Waals surface area contributed by atoms with Crippen LogP contribution in [0, 0.1) is 5.92 Å². The Balaban J connectivity index is 1.88. The van der Waals surface area contributed by atoms with Gasteiger partial charge in [0.15, 0.2) is 0 Å². The number of aliphatic hydroxyl groups is 1. The lowest BCUT2D eigenvalue weighted by Gasteiger charge is -2.43.